The third-order valence-corrected chi connectivity index (χ3v) is 12.9. The largest absolute Gasteiger partial charge is 0.264 e. The lowest BCUT2D eigenvalue weighted by molar-refractivity contribution is 1.18. The van der Waals surface area contributed by atoms with Crippen molar-refractivity contribution in [1.29, 1.82) is 0 Å². The SMILES string of the molecule is c1ccc(-c2nc(-c3cccc(-c4cccnc4)c3)cc(-c3cc(-c4ccc5sc6ccccc6c5c4)cc(-c4ccc5sc6ccccc6c5c4)c3)n2)cc1. The Bertz CT molecular complexity index is 3120. The molecule has 0 bridgehead atoms. The Hall–Kier alpha value is -6.79. The van der Waals surface area contributed by atoms with Crippen molar-refractivity contribution < 1.29 is 0 Å². The molecule has 0 saturated carbocycles. The van der Waals surface area contributed by atoms with E-state index in [1.54, 1.807) is 6.20 Å². The molecule has 0 fully saturated rings. The Morgan fingerprint density at radius 3 is 1.45 bits per heavy atom. The molecule has 0 aliphatic carbocycles. The molecule has 262 valence electrons. The number of hydrogen-bond acceptors (Lipinski definition) is 5. The zero-order valence-corrected chi connectivity index (χ0v) is 31.7. The van der Waals surface area contributed by atoms with Crippen LogP contribution in [0.4, 0.5) is 0 Å². The fourth-order valence-electron chi connectivity index (χ4n) is 7.77. The van der Waals surface area contributed by atoms with Crippen LogP contribution >= 0.6 is 22.7 Å². The highest BCUT2D eigenvalue weighted by molar-refractivity contribution is 7.26. The third-order valence-electron chi connectivity index (χ3n) is 10.6. The summed E-state index contributed by atoms with van der Waals surface area (Å²) < 4.78 is 5.20. The summed E-state index contributed by atoms with van der Waals surface area (Å²) in [5, 5.41) is 5.15. The topological polar surface area (TPSA) is 38.7 Å². The van der Waals surface area contributed by atoms with E-state index in [0.717, 1.165) is 50.3 Å². The monoisotopic (exact) mass is 749 g/mol. The first kappa shape index (κ1) is 32.6. The minimum atomic E-state index is 0.689. The van der Waals surface area contributed by atoms with Gasteiger partial charge in [0.2, 0.25) is 0 Å². The van der Waals surface area contributed by atoms with Crippen LogP contribution in [0.1, 0.15) is 0 Å². The second kappa shape index (κ2) is 13.5. The maximum atomic E-state index is 5.30. The molecule has 4 heterocycles. The van der Waals surface area contributed by atoms with Crippen LogP contribution in [0.2, 0.25) is 0 Å². The average molecular weight is 750 g/mol. The Labute approximate surface area is 331 Å². The molecular weight excluding hydrogens is 719 g/mol. The number of thiophene rings is 2. The molecule has 0 spiro atoms. The van der Waals surface area contributed by atoms with E-state index in [1.807, 2.05) is 53.1 Å². The van der Waals surface area contributed by atoms with Gasteiger partial charge < -0.3 is 0 Å². The predicted octanol–water partition coefficient (Wildman–Crippen LogP) is 14.6. The molecule has 0 atom stereocenters. The zero-order chi connectivity index (χ0) is 37.0. The van der Waals surface area contributed by atoms with E-state index in [0.29, 0.717) is 5.82 Å². The van der Waals surface area contributed by atoms with Gasteiger partial charge in [0, 0.05) is 75.0 Å². The van der Waals surface area contributed by atoms with Crippen LogP contribution in [-0.2, 0) is 0 Å². The highest BCUT2D eigenvalue weighted by Crippen LogP contribution is 2.41. The van der Waals surface area contributed by atoms with Gasteiger partial charge in [-0.05, 0) is 101 Å². The Balaban J connectivity index is 1.13. The van der Waals surface area contributed by atoms with E-state index >= 15 is 0 Å². The quantitative estimate of drug-likeness (QED) is 0.170. The summed E-state index contributed by atoms with van der Waals surface area (Å²) in [6.07, 6.45) is 3.71. The summed E-state index contributed by atoms with van der Waals surface area (Å²) in [7, 11) is 0. The first-order valence-corrected chi connectivity index (χ1v) is 20.3. The summed E-state index contributed by atoms with van der Waals surface area (Å²) >= 11 is 3.69. The van der Waals surface area contributed by atoms with Crippen LogP contribution in [0.15, 0.2) is 188 Å². The average Bonchev–Trinajstić information content (AvgIpc) is 3.84. The first-order valence-electron chi connectivity index (χ1n) is 18.6. The summed E-state index contributed by atoms with van der Waals surface area (Å²) in [6, 6.07) is 63.2. The van der Waals surface area contributed by atoms with Crippen molar-refractivity contribution in [3.63, 3.8) is 0 Å². The standard InChI is InChI=1S/C51H31N3S2/c1-2-10-32(11-3-1)51-53-45(36-13-8-12-33(24-36)37-14-9-23-52-31-37)30-46(54-51)40-26-38(34-19-21-49-43(28-34)41-15-4-6-17-47(41)55-49)25-39(27-40)35-20-22-50-44(29-35)42-16-5-7-18-48(42)56-50/h1-31H. The van der Waals surface area contributed by atoms with Gasteiger partial charge in [0.05, 0.1) is 11.4 Å². The van der Waals surface area contributed by atoms with Gasteiger partial charge in [-0.1, -0.05) is 103 Å². The normalized spacial score (nSPS) is 11.6. The molecule has 0 N–H and O–H groups in total. The summed E-state index contributed by atoms with van der Waals surface area (Å²) in [6.45, 7) is 0. The van der Waals surface area contributed by atoms with Gasteiger partial charge in [0.15, 0.2) is 5.82 Å². The molecule has 4 aromatic heterocycles. The molecule has 5 heteroatoms. The number of fused-ring (bicyclic) bond motifs is 6. The van der Waals surface area contributed by atoms with Gasteiger partial charge in [-0.3, -0.25) is 4.98 Å². The van der Waals surface area contributed by atoms with Crippen LogP contribution in [-0.4, -0.2) is 15.0 Å². The summed E-state index contributed by atoms with van der Waals surface area (Å²) in [5.74, 6) is 0.689. The van der Waals surface area contributed by atoms with Gasteiger partial charge in [-0.25, -0.2) is 9.97 Å². The third kappa shape index (κ3) is 5.86. The predicted molar refractivity (Wildman–Crippen MR) is 238 cm³/mol. The summed E-state index contributed by atoms with van der Waals surface area (Å²) in [5.41, 5.74) is 11.6. The van der Waals surface area contributed by atoms with Crippen molar-refractivity contribution >= 4 is 63.0 Å². The van der Waals surface area contributed by atoms with E-state index in [-0.39, 0.29) is 0 Å². The number of benzene rings is 7. The van der Waals surface area contributed by atoms with Crippen LogP contribution in [0.25, 0.3) is 108 Å². The van der Waals surface area contributed by atoms with Crippen LogP contribution < -0.4 is 0 Å². The molecular formula is C51H31N3S2. The van der Waals surface area contributed by atoms with Gasteiger partial charge in [-0.2, -0.15) is 0 Å². The van der Waals surface area contributed by atoms with E-state index in [9.17, 15) is 0 Å². The Kier molecular flexibility index (Phi) is 7.87. The molecule has 0 saturated heterocycles. The van der Waals surface area contributed by atoms with Crippen molar-refractivity contribution in [3.8, 4) is 67.3 Å². The minimum Gasteiger partial charge on any atom is -0.264 e. The van der Waals surface area contributed by atoms with Gasteiger partial charge in [0.25, 0.3) is 0 Å². The fourth-order valence-corrected chi connectivity index (χ4v) is 9.94. The lowest BCUT2D eigenvalue weighted by Crippen LogP contribution is -1.97. The van der Waals surface area contributed by atoms with E-state index in [4.69, 9.17) is 9.97 Å². The molecule has 0 radical (unpaired) electrons. The van der Waals surface area contributed by atoms with Crippen LogP contribution in [0.3, 0.4) is 0 Å². The van der Waals surface area contributed by atoms with E-state index in [2.05, 4.69) is 157 Å². The smallest absolute Gasteiger partial charge is 0.160 e. The maximum absolute atomic E-state index is 5.30. The highest BCUT2D eigenvalue weighted by atomic mass is 32.1. The van der Waals surface area contributed by atoms with Crippen molar-refractivity contribution in [1.82, 2.24) is 15.0 Å². The van der Waals surface area contributed by atoms with Gasteiger partial charge in [-0.15, -0.1) is 22.7 Å². The van der Waals surface area contributed by atoms with Crippen LogP contribution in [0, 0.1) is 0 Å². The second-order valence-corrected chi connectivity index (χ2v) is 16.2. The van der Waals surface area contributed by atoms with Gasteiger partial charge >= 0.3 is 0 Å². The number of pyridine rings is 1. The first-order chi connectivity index (χ1) is 27.7. The van der Waals surface area contributed by atoms with Crippen molar-refractivity contribution in [2.75, 3.05) is 0 Å². The van der Waals surface area contributed by atoms with Crippen LogP contribution in [0.5, 0.6) is 0 Å². The Morgan fingerprint density at radius 1 is 0.304 bits per heavy atom. The highest BCUT2D eigenvalue weighted by Gasteiger charge is 2.16. The van der Waals surface area contributed by atoms with Crippen molar-refractivity contribution in [3.05, 3.63) is 188 Å². The van der Waals surface area contributed by atoms with E-state index in [1.165, 1.54) is 51.5 Å². The minimum absolute atomic E-state index is 0.689. The number of rotatable bonds is 6. The number of hydrogen-bond donors (Lipinski definition) is 0. The molecule has 56 heavy (non-hydrogen) atoms. The molecule has 0 aliphatic rings. The zero-order valence-electron chi connectivity index (χ0n) is 30.1. The molecule has 0 aliphatic heterocycles. The molecule has 11 rings (SSSR count). The van der Waals surface area contributed by atoms with E-state index < -0.39 is 0 Å². The second-order valence-electron chi connectivity index (χ2n) is 14.1. The Morgan fingerprint density at radius 2 is 0.804 bits per heavy atom. The van der Waals surface area contributed by atoms with Crippen molar-refractivity contribution in [2.24, 2.45) is 0 Å². The van der Waals surface area contributed by atoms with Crippen molar-refractivity contribution in [2.45, 2.75) is 0 Å². The molecule has 11 aromatic rings. The number of aromatic nitrogens is 3. The van der Waals surface area contributed by atoms with Gasteiger partial charge in [0.1, 0.15) is 0 Å². The molecule has 0 amide bonds. The molecule has 0 unspecified atom stereocenters. The summed E-state index contributed by atoms with van der Waals surface area (Å²) in [4.78, 5) is 14.9. The lowest BCUT2D eigenvalue weighted by Gasteiger charge is -2.14. The number of nitrogens with zero attached hydrogens (tertiary/aromatic N) is 3. The fraction of sp³-hybridized carbons (Fsp3) is 0. The molecule has 7 aromatic carbocycles. The lowest BCUT2D eigenvalue weighted by atomic mass is 9.93. The maximum Gasteiger partial charge on any atom is 0.160 e. The molecule has 3 nitrogen and oxygen atoms in total.